The molecule has 1 aliphatic rings. The molecule has 2 aromatic carbocycles. The predicted octanol–water partition coefficient (Wildman–Crippen LogP) is 4.52. The number of amidine groups is 1. The van der Waals surface area contributed by atoms with Gasteiger partial charge in [0.1, 0.15) is 0 Å². The van der Waals surface area contributed by atoms with Gasteiger partial charge in [0.15, 0.2) is 5.17 Å². The van der Waals surface area contributed by atoms with Gasteiger partial charge in [-0.3, -0.25) is 4.99 Å². The Labute approximate surface area is 140 Å². The summed E-state index contributed by atoms with van der Waals surface area (Å²) in [5.41, 5.74) is 2.67. The molecule has 0 bridgehead atoms. The van der Waals surface area contributed by atoms with Crippen molar-refractivity contribution in [2.75, 3.05) is 16.8 Å². The summed E-state index contributed by atoms with van der Waals surface area (Å²) in [4.78, 5) is 19.1. The lowest BCUT2D eigenvalue weighted by Crippen LogP contribution is -2.38. The van der Waals surface area contributed by atoms with Crippen LogP contribution in [-0.2, 0) is 0 Å². The van der Waals surface area contributed by atoms with Gasteiger partial charge in [0.05, 0.1) is 12.2 Å². The first kappa shape index (κ1) is 15.6. The van der Waals surface area contributed by atoms with Crippen LogP contribution in [0.5, 0.6) is 0 Å². The molecule has 3 rings (SSSR count). The molecule has 1 heterocycles. The van der Waals surface area contributed by atoms with Crippen LogP contribution in [0.4, 0.5) is 16.2 Å². The topological polar surface area (TPSA) is 44.7 Å². The molecule has 0 radical (unpaired) electrons. The van der Waals surface area contributed by atoms with E-state index in [1.807, 2.05) is 61.5 Å². The third kappa shape index (κ3) is 3.56. The first-order valence-corrected chi connectivity index (χ1v) is 8.46. The van der Waals surface area contributed by atoms with E-state index in [0.29, 0.717) is 5.25 Å². The van der Waals surface area contributed by atoms with E-state index >= 15 is 0 Å². The minimum absolute atomic E-state index is 0.189. The van der Waals surface area contributed by atoms with Crippen molar-refractivity contribution >= 4 is 34.3 Å². The zero-order valence-electron chi connectivity index (χ0n) is 13.2. The normalized spacial score (nSPS) is 16.8. The van der Waals surface area contributed by atoms with Crippen molar-refractivity contribution in [3.8, 4) is 0 Å². The molecule has 5 heteroatoms. The Balaban J connectivity index is 1.92. The van der Waals surface area contributed by atoms with E-state index in [1.54, 1.807) is 16.7 Å². The molecule has 0 spiro atoms. The van der Waals surface area contributed by atoms with Crippen molar-refractivity contribution in [3.63, 3.8) is 0 Å². The van der Waals surface area contributed by atoms with Crippen molar-refractivity contribution in [1.82, 2.24) is 0 Å². The van der Waals surface area contributed by atoms with Gasteiger partial charge in [-0.25, -0.2) is 9.69 Å². The van der Waals surface area contributed by atoms with Crippen molar-refractivity contribution in [1.29, 1.82) is 0 Å². The maximum atomic E-state index is 12.9. The lowest BCUT2D eigenvalue weighted by atomic mass is 10.2. The summed E-state index contributed by atoms with van der Waals surface area (Å²) in [5.74, 6) is 0. The molecule has 118 valence electrons. The standard InChI is InChI=1S/C18H19N3OS/c1-13-8-6-7-11-16(13)21(18-19-12-14(2)23-18)17(22)20-15-9-4-3-5-10-15/h3-11,14H,12H2,1-2H3,(H,20,22). The van der Waals surface area contributed by atoms with Crippen molar-refractivity contribution in [3.05, 3.63) is 60.2 Å². The van der Waals surface area contributed by atoms with E-state index in [9.17, 15) is 4.79 Å². The number of nitrogens with one attached hydrogen (secondary N) is 1. The quantitative estimate of drug-likeness (QED) is 0.882. The van der Waals surface area contributed by atoms with Crippen LogP contribution in [0.2, 0.25) is 0 Å². The van der Waals surface area contributed by atoms with Gasteiger partial charge in [0.25, 0.3) is 0 Å². The summed E-state index contributed by atoms with van der Waals surface area (Å²) in [5, 5.41) is 4.09. The molecule has 1 unspecified atom stereocenters. The maximum absolute atomic E-state index is 12.9. The summed E-state index contributed by atoms with van der Waals surface area (Å²) in [6, 6.07) is 17.1. The highest BCUT2D eigenvalue weighted by atomic mass is 32.2. The summed E-state index contributed by atoms with van der Waals surface area (Å²) < 4.78 is 0. The van der Waals surface area contributed by atoms with Crippen LogP contribution in [-0.4, -0.2) is 23.0 Å². The highest BCUT2D eigenvalue weighted by molar-refractivity contribution is 8.15. The summed E-state index contributed by atoms with van der Waals surface area (Å²) in [7, 11) is 0. The molecular formula is C18H19N3OS. The van der Waals surface area contributed by atoms with Crippen molar-refractivity contribution in [2.45, 2.75) is 19.1 Å². The number of nitrogens with zero attached hydrogens (tertiary/aromatic N) is 2. The second-order valence-corrected chi connectivity index (χ2v) is 6.88. The minimum atomic E-state index is -0.189. The number of carbonyl (C=O) groups is 1. The number of aryl methyl sites for hydroxylation is 1. The van der Waals surface area contributed by atoms with E-state index in [2.05, 4.69) is 17.2 Å². The monoisotopic (exact) mass is 325 g/mol. The first-order chi connectivity index (χ1) is 11.1. The highest BCUT2D eigenvalue weighted by Gasteiger charge is 2.28. The molecule has 1 atom stereocenters. The molecule has 0 saturated carbocycles. The van der Waals surface area contributed by atoms with Gasteiger partial charge in [-0.15, -0.1) is 0 Å². The number of hydrogen-bond acceptors (Lipinski definition) is 3. The van der Waals surface area contributed by atoms with E-state index in [1.165, 1.54) is 0 Å². The Kier molecular flexibility index (Phi) is 4.67. The molecule has 2 aromatic rings. The number of aliphatic imine (C=N–C) groups is 1. The van der Waals surface area contributed by atoms with Crippen LogP contribution in [0, 0.1) is 6.92 Å². The molecule has 1 aliphatic heterocycles. The number of hydrogen-bond donors (Lipinski definition) is 1. The summed E-state index contributed by atoms with van der Waals surface area (Å²) in [6.07, 6.45) is 0. The van der Waals surface area contributed by atoms with E-state index in [0.717, 1.165) is 28.7 Å². The Bertz CT molecular complexity index is 730. The van der Waals surface area contributed by atoms with E-state index in [4.69, 9.17) is 0 Å². The number of carbonyl (C=O) groups excluding carboxylic acids is 1. The number of rotatable bonds is 2. The van der Waals surface area contributed by atoms with Gasteiger partial charge in [-0.1, -0.05) is 55.1 Å². The van der Waals surface area contributed by atoms with Crippen LogP contribution in [0.1, 0.15) is 12.5 Å². The van der Waals surface area contributed by atoms with Crippen LogP contribution in [0.3, 0.4) is 0 Å². The maximum Gasteiger partial charge on any atom is 0.332 e. The zero-order chi connectivity index (χ0) is 16.2. The van der Waals surface area contributed by atoms with Crippen LogP contribution in [0.15, 0.2) is 59.6 Å². The van der Waals surface area contributed by atoms with Gasteiger partial charge >= 0.3 is 6.03 Å². The summed E-state index contributed by atoms with van der Waals surface area (Å²) >= 11 is 1.63. The fourth-order valence-electron chi connectivity index (χ4n) is 2.40. The fraction of sp³-hybridized carbons (Fsp3) is 0.222. The molecular weight excluding hydrogens is 306 g/mol. The number of para-hydroxylation sites is 2. The first-order valence-electron chi connectivity index (χ1n) is 7.58. The molecule has 0 fully saturated rings. The predicted molar refractivity (Wildman–Crippen MR) is 98.5 cm³/mol. The van der Waals surface area contributed by atoms with Crippen LogP contribution < -0.4 is 10.2 Å². The number of thioether (sulfide) groups is 1. The largest absolute Gasteiger partial charge is 0.332 e. The Morgan fingerprint density at radius 2 is 1.87 bits per heavy atom. The van der Waals surface area contributed by atoms with E-state index < -0.39 is 0 Å². The zero-order valence-corrected chi connectivity index (χ0v) is 14.0. The summed E-state index contributed by atoms with van der Waals surface area (Å²) in [6.45, 7) is 4.86. The van der Waals surface area contributed by atoms with Gasteiger partial charge in [0, 0.05) is 10.9 Å². The van der Waals surface area contributed by atoms with Gasteiger partial charge in [-0.2, -0.15) is 0 Å². The average Bonchev–Trinajstić information content (AvgIpc) is 2.96. The second kappa shape index (κ2) is 6.87. The van der Waals surface area contributed by atoms with Gasteiger partial charge in [-0.05, 0) is 30.7 Å². The number of benzene rings is 2. The third-order valence-electron chi connectivity index (χ3n) is 3.57. The molecule has 2 amide bonds. The smallest absolute Gasteiger partial charge is 0.307 e. The third-order valence-corrected chi connectivity index (χ3v) is 4.64. The lowest BCUT2D eigenvalue weighted by Gasteiger charge is -2.24. The molecule has 4 nitrogen and oxygen atoms in total. The lowest BCUT2D eigenvalue weighted by molar-refractivity contribution is 0.259. The second-order valence-electron chi connectivity index (χ2n) is 5.47. The van der Waals surface area contributed by atoms with Gasteiger partial charge in [0.2, 0.25) is 0 Å². The SMILES string of the molecule is Cc1ccccc1N(C(=O)Nc1ccccc1)C1=NCC(C)S1. The number of anilines is 2. The van der Waals surface area contributed by atoms with Crippen LogP contribution in [0.25, 0.3) is 0 Å². The Morgan fingerprint density at radius 1 is 1.17 bits per heavy atom. The van der Waals surface area contributed by atoms with E-state index in [-0.39, 0.29) is 6.03 Å². The number of urea groups is 1. The minimum Gasteiger partial charge on any atom is -0.307 e. The molecule has 23 heavy (non-hydrogen) atoms. The fourth-order valence-corrected chi connectivity index (χ4v) is 3.34. The highest BCUT2D eigenvalue weighted by Crippen LogP contribution is 2.29. The Hall–Kier alpha value is -2.27. The molecule has 0 saturated heterocycles. The number of amides is 2. The van der Waals surface area contributed by atoms with Gasteiger partial charge < -0.3 is 5.32 Å². The molecule has 1 N–H and O–H groups in total. The molecule has 0 aliphatic carbocycles. The Morgan fingerprint density at radius 3 is 2.52 bits per heavy atom. The average molecular weight is 325 g/mol. The molecule has 0 aromatic heterocycles. The van der Waals surface area contributed by atoms with Crippen molar-refractivity contribution < 1.29 is 4.79 Å². The van der Waals surface area contributed by atoms with Crippen LogP contribution >= 0.6 is 11.8 Å². The van der Waals surface area contributed by atoms with Crippen molar-refractivity contribution in [2.24, 2.45) is 4.99 Å².